The lowest BCUT2D eigenvalue weighted by atomic mass is 10.1. The average Bonchev–Trinajstić information content (AvgIpc) is 2.75. The van der Waals surface area contributed by atoms with Gasteiger partial charge in [-0.25, -0.2) is 16.8 Å². The predicted molar refractivity (Wildman–Crippen MR) is 117 cm³/mol. The lowest BCUT2D eigenvalue weighted by Gasteiger charge is -2.22. The predicted octanol–water partition coefficient (Wildman–Crippen LogP) is 0.863. The summed E-state index contributed by atoms with van der Waals surface area (Å²) in [5.41, 5.74) is 4.50. The number of hydrogen-bond donors (Lipinski definition) is 3. The molecule has 2 aromatic carbocycles. The molecule has 0 heterocycles. The minimum atomic E-state index is -4.02. The number of rotatable bonds is 8. The first-order valence-electron chi connectivity index (χ1n) is 9.42. The second kappa shape index (κ2) is 10.1. The first kappa shape index (κ1) is 25.3. The highest BCUT2D eigenvalue weighted by atomic mass is 32.2. The van der Waals surface area contributed by atoms with Crippen molar-refractivity contribution in [3.05, 3.63) is 54.1 Å². The van der Waals surface area contributed by atoms with Crippen molar-refractivity contribution in [2.45, 2.75) is 29.7 Å². The Labute approximate surface area is 187 Å². The lowest BCUT2D eigenvalue weighted by Crippen LogP contribution is -2.54. The lowest BCUT2D eigenvalue weighted by molar-refractivity contribution is -0.124. The van der Waals surface area contributed by atoms with E-state index in [9.17, 15) is 26.4 Å². The van der Waals surface area contributed by atoms with Gasteiger partial charge in [-0.1, -0.05) is 13.8 Å². The molecule has 3 N–H and O–H groups in total. The van der Waals surface area contributed by atoms with Gasteiger partial charge in [0, 0.05) is 11.8 Å². The smallest absolute Gasteiger partial charge is 0.269 e. The number of carbonyl (C=O) groups excluding carboxylic acids is 2. The van der Waals surface area contributed by atoms with Gasteiger partial charge in [-0.2, -0.15) is 4.72 Å². The van der Waals surface area contributed by atoms with Crippen LogP contribution >= 0.6 is 0 Å². The fourth-order valence-corrected chi connectivity index (χ4v) is 4.58. The highest BCUT2D eigenvalue weighted by Gasteiger charge is 2.28. The van der Waals surface area contributed by atoms with E-state index in [-0.39, 0.29) is 15.4 Å². The van der Waals surface area contributed by atoms with Crippen LogP contribution in [-0.4, -0.2) is 48.1 Å². The number of benzene rings is 2. The van der Waals surface area contributed by atoms with Crippen LogP contribution in [-0.2, 0) is 24.7 Å². The van der Waals surface area contributed by atoms with Gasteiger partial charge in [0.1, 0.15) is 11.8 Å². The van der Waals surface area contributed by atoms with Crippen LogP contribution in [0.25, 0.3) is 0 Å². The molecular formula is C20H25N3O7S2. The molecule has 2 rings (SSSR count). The average molecular weight is 484 g/mol. The Balaban J connectivity index is 2.07. The number of hydrogen-bond acceptors (Lipinski definition) is 7. The Kier molecular flexibility index (Phi) is 7.99. The summed E-state index contributed by atoms with van der Waals surface area (Å²) >= 11 is 0. The van der Waals surface area contributed by atoms with Gasteiger partial charge in [-0.15, -0.1) is 0 Å². The standard InChI is InChI=1S/C20H25N3O7S2/c1-13(2)18(23-32(28,29)17-11-7-15(30-3)8-12-17)20(25)22-21-19(24)14-5-9-16(10-6-14)31(4,26)27/h5-13,18,23H,1-4H3,(H,21,24)(H,22,25)/t18-/m0/s1. The third-order valence-electron chi connectivity index (χ3n) is 4.44. The van der Waals surface area contributed by atoms with Crippen LogP contribution in [0.1, 0.15) is 24.2 Å². The van der Waals surface area contributed by atoms with Crippen LogP contribution in [0, 0.1) is 5.92 Å². The Hall–Kier alpha value is -2.96. The van der Waals surface area contributed by atoms with Gasteiger partial charge in [-0.3, -0.25) is 20.4 Å². The molecule has 0 aliphatic heterocycles. The van der Waals surface area contributed by atoms with E-state index in [0.29, 0.717) is 5.75 Å². The summed E-state index contributed by atoms with van der Waals surface area (Å²) in [6.45, 7) is 3.29. The number of carbonyl (C=O) groups is 2. The molecule has 0 saturated heterocycles. The Morgan fingerprint density at radius 1 is 0.844 bits per heavy atom. The van der Waals surface area contributed by atoms with E-state index in [4.69, 9.17) is 4.74 Å². The molecule has 1 atom stereocenters. The monoisotopic (exact) mass is 483 g/mol. The quantitative estimate of drug-likeness (QED) is 0.472. The van der Waals surface area contributed by atoms with Crippen LogP contribution in [0.15, 0.2) is 58.3 Å². The number of amides is 2. The third kappa shape index (κ3) is 6.52. The summed E-state index contributed by atoms with van der Waals surface area (Å²) in [5, 5.41) is 0. The fourth-order valence-electron chi connectivity index (χ4n) is 2.60. The van der Waals surface area contributed by atoms with Crippen LogP contribution in [0.3, 0.4) is 0 Å². The zero-order chi connectivity index (χ0) is 24.1. The first-order chi connectivity index (χ1) is 14.8. The second-order valence-corrected chi connectivity index (χ2v) is 11.0. The zero-order valence-corrected chi connectivity index (χ0v) is 19.6. The molecule has 2 amide bonds. The third-order valence-corrected chi connectivity index (χ3v) is 7.03. The molecule has 0 radical (unpaired) electrons. The van der Waals surface area contributed by atoms with Crippen molar-refractivity contribution >= 4 is 31.7 Å². The normalized spacial score (nSPS) is 12.8. The molecule has 174 valence electrons. The summed E-state index contributed by atoms with van der Waals surface area (Å²) in [4.78, 5) is 24.8. The molecule has 0 bridgehead atoms. The highest BCUT2D eigenvalue weighted by Crippen LogP contribution is 2.17. The van der Waals surface area contributed by atoms with E-state index in [1.54, 1.807) is 13.8 Å². The van der Waals surface area contributed by atoms with Gasteiger partial charge < -0.3 is 4.74 Å². The highest BCUT2D eigenvalue weighted by molar-refractivity contribution is 7.90. The summed E-state index contributed by atoms with van der Waals surface area (Å²) in [7, 11) is -5.98. The maximum absolute atomic E-state index is 12.7. The van der Waals surface area contributed by atoms with Crippen molar-refractivity contribution in [1.29, 1.82) is 0 Å². The van der Waals surface area contributed by atoms with Crippen molar-refractivity contribution in [1.82, 2.24) is 15.6 Å². The van der Waals surface area contributed by atoms with Crippen LogP contribution in [0.4, 0.5) is 0 Å². The Bertz CT molecular complexity index is 1170. The molecule has 10 nitrogen and oxygen atoms in total. The van der Waals surface area contributed by atoms with Gasteiger partial charge in [0.25, 0.3) is 11.8 Å². The van der Waals surface area contributed by atoms with Gasteiger partial charge in [0.05, 0.1) is 16.9 Å². The van der Waals surface area contributed by atoms with Gasteiger partial charge in [0.2, 0.25) is 10.0 Å². The minimum absolute atomic E-state index is 0.0471. The molecule has 0 aliphatic rings. The topological polar surface area (TPSA) is 148 Å². The molecule has 12 heteroatoms. The molecular weight excluding hydrogens is 458 g/mol. The number of nitrogens with one attached hydrogen (secondary N) is 3. The van der Waals surface area contributed by atoms with Gasteiger partial charge >= 0.3 is 0 Å². The molecule has 0 aliphatic carbocycles. The van der Waals surface area contributed by atoms with Crippen molar-refractivity contribution in [2.75, 3.05) is 13.4 Å². The maximum Gasteiger partial charge on any atom is 0.269 e. The summed E-state index contributed by atoms with van der Waals surface area (Å²) in [6, 6.07) is 9.61. The second-order valence-electron chi connectivity index (χ2n) is 7.26. The van der Waals surface area contributed by atoms with Crippen molar-refractivity contribution < 1.29 is 31.2 Å². The molecule has 0 spiro atoms. The molecule has 0 fully saturated rings. The first-order valence-corrected chi connectivity index (χ1v) is 12.8. The number of methoxy groups -OCH3 is 1. The van der Waals surface area contributed by atoms with E-state index < -0.39 is 43.6 Å². The van der Waals surface area contributed by atoms with E-state index >= 15 is 0 Å². The number of sulfone groups is 1. The number of hydrazine groups is 1. The molecule has 32 heavy (non-hydrogen) atoms. The molecule has 0 saturated carbocycles. The molecule has 0 aromatic heterocycles. The SMILES string of the molecule is COc1ccc(S(=O)(=O)N[C@H](C(=O)NNC(=O)c2ccc(S(C)(=O)=O)cc2)C(C)C)cc1. The van der Waals surface area contributed by atoms with E-state index in [1.807, 2.05) is 0 Å². The molecule has 0 unspecified atom stereocenters. The fraction of sp³-hybridized carbons (Fsp3) is 0.300. The Morgan fingerprint density at radius 2 is 1.38 bits per heavy atom. The van der Waals surface area contributed by atoms with E-state index in [1.165, 1.54) is 55.6 Å². The van der Waals surface area contributed by atoms with Crippen molar-refractivity contribution in [2.24, 2.45) is 5.92 Å². The summed E-state index contributed by atoms with van der Waals surface area (Å²) in [6.07, 6.45) is 1.04. The maximum atomic E-state index is 12.7. The zero-order valence-electron chi connectivity index (χ0n) is 17.9. The number of sulfonamides is 1. The number of ether oxygens (including phenoxy) is 1. The summed E-state index contributed by atoms with van der Waals surface area (Å²) < 4.78 is 55.6. The van der Waals surface area contributed by atoms with Crippen LogP contribution in [0.5, 0.6) is 5.75 Å². The summed E-state index contributed by atoms with van der Waals surface area (Å²) in [5.74, 6) is -1.42. The minimum Gasteiger partial charge on any atom is -0.497 e. The van der Waals surface area contributed by atoms with E-state index in [0.717, 1.165) is 6.26 Å². The van der Waals surface area contributed by atoms with Crippen molar-refractivity contribution in [3.8, 4) is 5.75 Å². The molecule has 2 aromatic rings. The van der Waals surface area contributed by atoms with E-state index in [2.05, 4.69) is 15.6 Å². The van der Waals surface area contributed by atoms with Crippen LogP contribution in [0.2, 0.25) is 0 Å². The van der Waals surface area contributed by atoms with Gasteiger partial charge in [-0.05, 0) is 54.4 Å². The van der Waals surface area contributed by atoms with Crippen molar-refractivity contribution in [3.63, 3.8) is 0 Å². The van der Waals surface area contributed by atoms with Gasteiger partial charge in [0.15, 0.2) is 9.84 Å². The van der Waals surface area contributed by atoms with Crippen LogP contribution < -0.4 is 20.3 Å². The largest absolute Gasteiger partial charge is 0.497 e. The Morgan fingerprint density at radius 3 is 1.84 bits per heavy atom.